The van der Waals surface area contributed by atoms with E-state index in [1.807, 2.05) is 19.1 Å². The molecular weight excluding hydrogens is 308 g/mol. The molecule has 1 heterocycles. The van der Waals surface area contributed by atoms with Crippen LogP contribution in [-0.4, -0.2) is 15.7 Å². The maximum Gasteiger partial charge on any atom is 0.248 e. The third-order valence-corrected chi connectivity index (χ3v) is 3.39. The zero-order valence-corrected chi connectivity index (χ0v) is 12.3. The van der Waals surface area contributed by atoms with Gasteiger partial charge >= 0.3 is 0 Å². The molecule has 0 saturated heterocycles. The van der Waals surface area contributed by atoms with E-state index in [4.69, 9.17) is 5.73 Å². The Morgan fingerprint density at radius 3 is 2.89 bits per heavy atom. The first-order valence-electron chi connectivity index (χ1n) is 5.84. The van der Waals surface area contributed by atoms with Gasteiger partial charge < -0.3 is 11.1 Å². The van der Waals surface area contributed by atoms with Gasteiger partial charge in [0.1, 0.15) is 6.04 Å². The molecule has 6 heteroatoms. The molecule has 0 saturated carbocycles. The summed E-state index contributed by atoms with van der Waals surface area (Å²) in [6, 6.07) is 5.05. The van der Waals surface area contributed by atoms with E-state index in [0.717, 1.165) is 15.7 Å². The molecule has 0 aliphatic carbocycles. The van der Waals surface area contributed by atoms with Crippen LogP contribution in [0.1, 0.15) is 18.5 Å². The highest BCUT2D eigenvalue weighted by atomic mass is 79.9. The summed E-state index contributed by atoms with van der Waals surface area (Å²) in [6.07, 6.45) is 3.41. The van der Waals surface area contributed by atoms with Crippen molar-refractivity contribution >= 4 is 33.2 Å². The second kappa shape index (κ2) is 5.44. The van der Waals surface area contributed by atoms with Crippen molar-refractivity contribution in [2.75, 3.05) is 11.1 Å². The standard InChI is InChI=1S/C13H15BrN4O/c1-8-11(15)4-3-5-12(8)17-13(19)9(2)18-7-10(14)6-16-18/h3-7,9H,15H2,1-2H3,(H,17,19). The minimum absolute atomic E-state index is 0.135. The average molecular weight is 323 g/mol. The largest absolute Gasteiger partial charge is 0.398 e. The van der Waals surface area contributed by atoms with Gasteiger partial charge in [0.25, 0.3) is 0 Å². The average Bonchev–Trinajstić information content (AvgIpc) is 2.80. The smallest absolute Gasteiger partial charge is 0.248 e. The Kier molecular flexibility index (Phi) is 3.90. The van der Waals surface area contributed by atoms with Crippen LogP contribution >= 0.6 is 15.9 Å². The number of benzene rings is 1. The van der Waals surface area contributed by atoms with Crippen molar-refractivity contribution in [3.05, 3.63) is 40.6 Å². The number of nitrogens with zero attached hydrogens (tertiary/aromatic N) is 2. The van der Waals surface area contributed by atoms with E-state index in [1.165, 1.54) is 0 Å². The van der Waals surface area contributed by atoms with E-state index in [2.05, 4.69) is 26.3 Å². The van der Waals surface area contributed by atoms with E-state index < -0.39 is 6.04 Å². The summed E-state index contributed by atoms with van der Waals surface area (Å²) in [6.45, 7) is 3.66. The maximum atomic E-state index is 12.2. The van der Waals surface area contributed by atoms with Gasteiger partial charge in [-0.15, -0.1) is 0 Å². The van der Waals surface area contributed by atoms with Gasteiger partial charge in [-0.1, -0.05) is 6.07 Å². The lowest BCUT2D eigenvalue weighted by Crippen LogP contribution is -2.24. The van der Waals surface area contributed by atoms with Crippen LogP contribution in [0.5, 0.6) is 0 Å². The Hall–Kier alpha value is -1.82. The van der Waals surface area contributed by atoms with Crippen molar-refractivity contribution in [3.63, 3.8) is 0 Å². The molecule has 0 spiro atoms. The minimum Gasteiger partial charge on any atom is -0.398 e. The molecule has 3 N–H and O–H groups in total. The predicted octanol–water partition coefficient (Wildman–Crippen LogP) is 2.74. The zero-order chi connectivity index (χ0) is 14.0. The summed E-state index contributed by atoms with van der Waals surface area (Å²) in [5.74, 6) is -0.135. The number of hydrogen-bond donors (Lipinski definition) is 2. The van der Waals surface area contributed by atoms with E-state index >= 15 is 0 Å². The molecule has 0 aliphatic rings. The van der Waals surface area contributed by atoms with E-state index in [0.29, 0.717) is 5.69 Å². The molecule has 1 atom stereocenters. The van der Waals surface area contributed by atoms with Gasteiger partial charge in [0, 0.05) is 17.6 Å². The number of nitrogen functional groups attached to an aromatic ring is 1. The third kappa shape index (κ3) is 2.96. The molecule has 100 valence electrons. The minimum atomic E-state index is -0.396. The van der Waals surface area contributed by atoms with Gasteiger partial charge in [-0.25, -0.2) is 0 Å². The monoisotopic (exact) mass is 322 g/mol. The van der Waals surface area contributed by atoms with Crippen LogP contribution in [0, 0.1) is 6.92 Å². The summed E-state index contributed by atoms with van der Waals surface area (Å²) in [4.78, 5) is 12.2. The Morgan fingerprint density at radius 1 is 1.53 bits per heavy atom. The SMILES string of the molecule is Cc1c(N)cccc1NC(=O)C(C)n1cc(Br)cn1. The first kappa shape index (κ1) is 13.6. The number of carbonyl (C=O) groups is 1. The van der Waals surface area contributed by atoms with E-state index in [1.54, 1.807) is 30.1 Å². The Bertz CT molecular complexity index is 608. The molecule has 0 fully saturated rings. The lowest BCUT2D eigenvalue weighted by Gasteiger charge is -2.14. The number of anilines is 2. The number of hydrogen-bond acceptors (Lipinski definition) is 3. The number of halogens is 1. The molecule has 2 rings (SSSR count). The molecule has 0 aliphatic heterocycles. The van der Waals surface area contributed by atoms with Crippen LogP contribution in [0.2, 0.25) is 0 Å². The van der Waals surface area contributed by atoms with E-state index in [9.17, 15) is 4.79 Å². The van der Waals surface area contributed by atoms with Crippen LogP contribution in [0.3, 0.4) is 0 Å². The van der Waals surface area contributed by atoms with Crippen molar-refractivity contribution in [1.29, 1.82) is 0 Å². The molecule has 1 aromatic carbocycles. The van der Waals surface area contributed by atoms with Gasteiger partial charge in [-0.3, -0.25) is 9.48 Å². The highest BCUT2D eigenvalue weighted by molar-refractivity contribution is 9.10. The quantitative estimate of drug-likeness (QED) is 0.853. The van der Waals surface area contributed by atoms with Crippen molar-refractivity contribution in [2.45, 2.75) is 19.9 Å². The van der Waals surface area contributed by atoms with Crippen LogP contribution in [0.4, 0.5) is 11.4 Å². The number of carbonyl (C=O) groups excluding carboxylic acids is 1. The molecular formula is C13H15BrN4O. The summed E-state index contributed by atoms with van der Waals surface area (Å²) in [5, 5.41) is 6.97. The second-order valence-electron chi connectivity index (χ2n) is 4.32. The fourth-order valence-corrected chi connectivity index (χ4v) is 1.97. The molecule has 1 unspecified atom stereocenters. The number of rotatable bonds is 3. The molecule has 1 aromatic heterocycles. The van der Waals surface area contributed by atoms with E-state index in [-0.39, 0.29) is 5.91 Å². The lowest BCUT2D eigenvalue weighted by molar-refractivity contribution is -0.119. The van der Waals surface area contributed by atoms with Crippen molar-refractivity contribution in [3.8, 4) is 0 Å². The lowest BCUT2D eigenvalue weighted by atomic mass is 10.1. The van der Waals surface area contributed by atoms with Crippen LogP contribution in [-0.2, 0) is 4.79 Å². The number of amides is 1. The third-order valence-electron chi connectivity index (χ3n) is 2.98. The number of nitrogens with one attached hydrogen (secondary N) is 1. The predicted molar refractivity (Wildman–Crippen MR) is 78.9 cm³/mol. The Balaban J connectivity index is 2.15. The molecule has 5 nitrogen and oxygen atoms in total. The molecule has 1 amide bonds. The first-order chi connectivity index (χ1) is 8.99. The molecule has 0 bridgehead atoms. The molecule has 19 heavy (non-hydrogen) atoms. The van der Waals surface area contributed by atoms with Gasteiger partial charge in [-0.05, 0) is 47.5 Å². The number of nitrogens with two attached hydrogens (primary N) is 1. The van der Waals surface area contributed by atoms with Crippen molar-refractivity contribution < 1.29 is 4.79 Å². The summed E-state index contributed by atoms with van der Waals surface area (Å²) >= 11 is 3.31. The summed E-state index contributed by atoms with van der Waals surface area (Å²) < 4.78 is 2.44. The highest BCUT2D eigenvalue weighted by Gasteiger charge is 2.16. The fourth-order valence-electron chi connectivity index (χ4n) is 1.67. The fraction of sp³-hybridized carbons (Fsp3) is 0.231. The normalized spacial score (nSPS) is 12.2. The van der Waals surface area contributed by atoms with Crippen molar-refractivity contribution in [2.24, 2.45) is 0 Å². The van der Waals surface area contributed by atoms with Crippen LogP contribution in [0.15, 0.2) is 35.1 Å². The maximum absolute atomic E-state index is 12.2. The van der Waals surface area contributed by atoms with Crippen LogP contribution in [0.25, 0.3) is 0 Å². The number of aromatic nitrogens is 2. The van der Waals surface area contributed by atoms with Gasteiger partial charge in [0.2, 0.25) is 5.91 Å². The van der Waals surface area contributed by atoms with Gasteiger partial charge in [-0.2, -0.15) is 5.10 Å². The van der Waals surface area contributed by atoms with Gasteiger partial charge in [0.05, 0.1) is 10.7 Å². The summed E-state index contributed by atoms with van der Waals surface area (Å²) in [5.41, 5.74) is 8.06. The molecule has 0 radical (unpaired) electrons. The van der Waals surface area contributed by atoms with Crippen LogP contribution < -0.4 is 11.1 Å². The Morgan fingerprint density at radius 2 is 2.26 bits per heavy atom. The van der Waals surface area contributed by atoms with Crippen molar-refractivity contribution in [1.82, 2.24) is 9.78 Å². The second-order valence-corrected chi connectivity index (χ2v) is 5.24. The molecule has 2 aromatic rings. The zero-order valence-electron chi connectivity index (χ0n) is 10.7. The first-order valence-corrected chi connectivity index (χ1v) is 6.64. The summed E-state index contributed by atoms with van der Waals surface area (Å²) in [7, 11) is 0. The topological polar surface area (TPSA) is 72.9 Å². The Labute approximate surface area is 119 Å². The van der Waals surface area contributed by atoms with Gasteiger partial charge in [0.15, 0.2) is 0 Å². The highest BCUT2D eigenvalue weighted by Crippen LogP contribution is 2.21.